The van der Waals surface area contributed by atoms with Gasteiger partial charge in [0, 0.05) is 30.4 Å². The number of ether oxygens (including phenoxy) is 1. The molecule has 0 amide bonds. The fourth-order valence-electron chi connectivity index (χ4n) is 1.62. The topological polar surface area (TPSA) is 42.4 Å². The molecule has 104 valence electrons. The van der Waals surface area contributed by atoms with Crippen molar-refractivity contribution >= 4 is 11.3 Å². The lowest BCUT2D eigenvalue weighted by Gasteiger charge is -2.14. The summed E-state index contributed by atoms with van der Waals surface area (Å²) in [6.45, 7) is 9.94. The summed E-state index contributed by atoms with van der Waals surface area (Å²) >= 11 is 1.65. The van der Waals surface area contributed by atoms with Gasteiger partial charge in [-0.1, -0.05) is 20.8 Å². The minimum absolute atomic E-state index is 0.0919. The van der Waals surface area contributed by atoms with E-state index in [9.17, 15) is 5.11 Å². The van der Waals surface area contributed by atoms with Crippen molar-refractivity contribution in [1.29, 1.82) is 0 Å². The molecule has 1 N–H and O–H groups in total. The number of nitrogens with zero attached hydrogens (tertiary/aromatic N) is 1. The molecule has 1 heterocycles. The Labute approximate surface area is 114 Å². The largest absolute Gasteiger partial charge is 0.393 e. The average molecular weight is 271 g/mol. The third kappa shape index (κ3) is 5.46. The predicted octanol–water partition coefficient (Wildman–Crippen LogP) is 3.16. The van der Waals surface area contributed by atoms with Crippen LogP contribution in [0.4, 0.5) is 0 Å². The van der Waals surface area contributed by atoms with Crippen LogP contribution < -0.4 is 0 Å². The smallest absolute Gasteiger partial charge is 0.0954 e. The normalized spacial score (nSPS) is 13.8. The molecule has 0 aliphatic carbocycles. The van der Waals surface area contributed by atoms with Crippen LogP contribution in [0.5, 0.6) is 0 Å². The van der Waals surface area contributed by atoms with Gasteiger partial charge in [-0.25, -0.2) is 4.98 Å². The van der Waals surface area contributed by atoms with Gasteiger partial charge in [0.05, 0.1) is 16.8 Å². The third-order valence-corrected chi connectivity index (χ3v) is 3.63. The Morgan fingerprint density at radius 3 is 2.72 bits per heavy atom. The maximum Gasteiger partial charge on any atom is 0.0954 e. The molecule has 1 aromatic heterocycles. The molecule has 0 fully saturated rings. The zero-order valence-corrected chi connectivity index (χ0v) is 12.7. The van der Waals surface area contributed by atoms with Crippen molar-refractivity contribution in [2.24, 2.45) is 0 Å². The first kappa shape index (κ1) is 15.6. The highest BCUT2D eigenvalue weighted by molar-refractivity contribution is 7.09. The lowest BCUT2D eigenvalue weighted by atomic mass is 9.93. The summed E-state index contributed by atoms with van der Waals surface area (Å²) < 4.78 is 5.26. The standard InChI is InChI=1S/C14H25NO2S/c1-5-17-8-6-7-11(16)9-13-15-12(10-18-13)14(2,3)4/h10-11,16H,5-9H2,1-4H3. The van der Waals surface area contributed by atoms with Gasteiger partial charge < -0.3 is 9.84 Å². The summed E-state index contributed by atoms with van der Waals surface area (Å²) in [4.78, 5) is 4.59. The summed E-state index contributed by atoms with van der Waals surface area (Å²) in [5.41, 5.74) is 1.21. The Kier molecular flexibility index (Phi) is 6.26. The summed E-state index contributed by atoms with van der Waals surface area (Å²) in [6.07, 6.45) is 2.05. The van der Waals surface area contributed by atoms with Crippen LogP contribution in [0, 0.1) is 0 Å². The molecule has 0 radical (unpaired) electrons. The van der Waals surface area contributed by atoms with E-state index in [1.165, 1.54) is 0 Å². The van der Waals surface area contributed by atoms with Gasteiger partial charge in [0.25, 0.3) is 0 Å². The second-order valence-electron chi connectivity index (χ2n) is 5.57. The van der Waals surface area contributed by atoms with Gasteiger partial charge in [-0.15, -0.1) is 11.3 Å². The van der Waals surface area contributed by atoms with Crippen LogP contribution >= 0.6 is 11.3 Å². The summed E-state index contributed by atoms with van der Waals surface area (Å²) in [5.74, 6) is 0. The van der Waals surface area contributed by atoms with Gasteiger partial charge in [0.1, 0.15) is 0 Å². The van der Waals surface area contributed by atoms with Crippen LogP contribution in [-0.2, 0) is 16.6 Å². The van der Waals surface area contributed by atoms with Crippen LogP contribution in [-0.4, -0.2) is 29.4 Å². The first-order chi connectivity index (χ1) is 8.43. The van der Waals surface area contributed by atoms with Gasteiger partial charge in [0.2, 0.25) is 0 Å². The van der Waals surface area contributed by atoms with Crippen molar-refractivity contribution in [2.75, 3.05) is 13.2 Å². The first-order valence-electron chi connectivity index (χ1n) is 6.64. The molecule has 0 bridgehead atoms. The van der Waals surface area contributed by atoms with Crippen LogP contribution in [0.3, 0.4) is 0 Å². The maximum atomic E-state index is 9.93. The Morgan fingerprint density at radius 1 is 1.44 bits per heavy atom. The zero-order valence-electron chi connectivity index (χ0n) is 11.9. The van der Waals surface area contributed by atoms with E-state index in [0.717, 1.165) is 36.8 Å². The van der Waals surface area contributed by atoms with Gasteiger partial charge in [-0.3, -0.25) is 0 Å². The first-order valence-corrected chi connectivity index (χ1v) is 7.52. The number of aliphatic hydroxyl groups is 1. The molecule has 1 aromatic rings. The van der Waals surface area contributed by atoms with E-state index in [0.29, 0.717) is 6.42 Å². The minimum Gasteiger partial charge on any atom is -0.393 e. The van der Waals surface area contributed by atoms with Crippen molar-refractivity contribution in [2.45, 2.75) is 58.5 Å². The van der Waals surface area contributed by atoms with E-state index in [1.54, 1.807) is 11.3 Å². The molecular weight excluding hydrogens is 246 g/mol. The van der Waals surface area contributed by atoms with E-state index in [1.807, 2.05) is 6.92 Å². The van der Waals surface area contributed by atoms with E-state index < -0.39 is 0 Å². The number of rotatable bonds is 7. The van der Waals surface area contributed by atoms with Crippen LogP contribution in [0.2, 0.25) is 0 Å². The molecule has 0 aliphatic heterocycles. The van der Waals surface area contributed by atoms with Crippen molar-refractivity contribution in [3.05, 3.63) is 16.1 Å². The van der Waals surface area contributed by atoms with Gasteiger partial charge >= 0.3 is 0 Å². The Balaban J connectivity index is 2.35. The number of aliphatic hydroxyl groups excluding tert-OH is 1. The quantitative estimate of drug-likeness (QED) is 0.775. The van der Waals surface area contributed by atoms with Crippen molar-refractivity contribution < 1.29 is 9.84 Å². The van der Waals surface area contributed by atoms with Gasteiger partial charge in [-0.05, 0) is 19.8 Å². The highest BCUT2D eigenvalue weighted by Crippen LogP contribution is 2.24. The van der Waals surface area contributed by atoms with Gasteiger partial charge in [0.15, 0.2) is 0 Å². The molecule has 4 heteroatoms. The number of hydrogen-bond acceptors (Lipinski definition) is 4. The number of hydrogen-bond donors (Lipinski definition) is 1. The molecular formula is C14H25NO2S. The second kappa shape index (κ2) is 7.22. The SMILES string of the molecule is CCOCCCC(O)Cc1nc(C(C)(C)C)cs1. The zero-order chi connectivity index (χ0) is 13.6. The fraction of sp³-hybridized carbons (Fsp3) is 0.786. The summed E-state index contributed by atoms with van der Waals surface area (Å²) in [6, 6.07) is 0. The van der Waals surface area contributed by atoms with E-state index in [2.05, 4.69) is 31.1 Å². The van der Waals surface area contributed by atoms with Crippen molar-refractivity contribution in [3.8, 4) is 0 Å². The third-order valence-electron chi connectivity index (χ3n) is 2.76. The van der Waals surface area contributed by atoms with E-state index >= 15 is 0 Å². The highest BCUT2D eigenvalue weighted by atomic mass is 32.1. The van der Waals surface area contributed by atoms with Gasteiger partial charge in [-0.2, -0.15) is 0 Å². The lowest BCUT2D eigenvalue weighted by molar-refractivity contribution is 0.114. The van der Waals surface area contributed by atoms with Crippen LogP contribution in [0.25, 0.3) is 0 Å². The predicted molar refractivity (Wildman–Crippen MR) is 76.3 cm³/mol. The Hall–Kier alpha value is -0.450. The molecule has 18 heavy (non-hydrogen) atoms. The molecule has 1 rings (SSSR count). The molecule has 1 atom stereocenters. The fourth-order valence-corrected chi connectivity index (χ4v) is 2.71. The number of aromatic nitrogens is 1. The monoisotopic (exact) mass is 271 g/mol. The Morgan fingerprint density at radius 2 is 2.17 bits per heavy atom. The van der Waals surface area contributed by atoms with E-state index in [-0.39, 0.29) is 11.5 Å². The molecule has 0 aliphatic rings. The highest BCUT2D eigenvalue weighted by Gasteiger charge is 2.18. The second-order valence-corrected chi connectivity index (χ2v) is 6.52. The molecule has 1 unspecified atom stereocenters. The average Bonchev–Trinajstić information content (AvgIpc) is 2.72. The Bertz CT molecular complexity index is 344. The van der Waals surface area contributed by atoms with Crippen LogP contribution in [0.1, 0.15) is 51.2 Å². The summed E-state index contributed by atoms with van der Waals surface area (Å²) in [5, 5.41) is 13.1. The summed E-state index contributed by atoms with van der Waals surface area (Å²) in [7, 11) is 0. The van der Waals surface area contributed by atoms with Crippen molar-refractivity contribution in [1.82, 2.24) is 4.98 Å². The molecule has 3 nitrogen and oxygen atoms in total. The molecule has 0 spiro atoms. The molecule has 0 saturated heterocycles. The number of thiazole rings is 1. The van der Waals surface area contributed by atoms with Crippen molar-refractivity contribution in [3.63, 3.8) is 0 Å². The van der Waals surface area contributed by atoms with Crippen LogP contribution in [0.15, 0.2) is 5.38 Å². The molecule has 0 aromatic carbocycles. The minimum atomic E-state index is -0.301. The molecule has 0 saturated carbocycles. The van der Waals surface area contributed by atoms with E-state index in [4.69, 9.17) is 4.74 Å². The maximum absolute atomic E-state index is 9.93. The lowest BCUT2D eigenvalue weighted by Crippen LogP contribution is -2.14.